The van der Waals surface area contributed by atoms with Crippen LogP contribution >= 0.6 is 8.03 Å². The third kappa shape index (κ3) is 5.68. The number of hydrogen-bond acceptors (Lipinski definition) is 3. The minimum atomic E-state index is -2.77. The molecule has 16 heavy (non-hydrogen) atoms. The monoisotopic (exact) mass is 253 g/mol. The first-order valence-electron chi connectivity index (χ1n) is 4.32. The van der Waals surface area contributed by atoms with Crippen LogP contribution in [0.15, 0.2) is 30.3 Å². The van der Waals surface area contributed by atoms with Crippen molar-refractivity contribution in [2.75, 3.05) is 6.29 Å². The van der Waals surface area contributed by atoms with Gasteiger partial charge in [-0.05, 0) is 12.1 Å². The van der Waals surface area contributed by atoms with Crippen molar-refractivity contribution in [3.8, 4) is 5.75 Å². The molecule has 84 valence electrons. The van der Waals surface area contributed by atoms with Crippen LogP contribution in [0.2, 0.25) is 0 Å². The van der Waals surface area contributed by atoms with E-state index in [1.54, 1.807) is 30.3 Å². The van der Waals surface area contributed by atoms with Crippen molar-refractivity contribution in [3.05, 3.63) is 30.3 Å². The van der Waals surface area contributed by atoms with Crippen LogP contribution in [0.5, 0.6) is 5.75 Å². The summed E-state index contributed by atoms with van der Waals surface area (Å²) in [6.45, 7) is 1.27. The van der Waals surface area contributed by atoms with Gasteiger partial charge in [-0.25, -0.2) is 0 Å². The van der Waals surface area contributed by atoms with Crippen LogP contribution < -0.4 is 4.84 Å². The van der Waals surface area contributed by atoms with Crippen molar-refractivity contribution >= 4 is 43.5 Å². The topological polar surface area (TPSA) is 66.8 Å². The van der Waals surface area contributed by atoms with Crippen molar-refractivity contribution in [2.45, 2.75) is 6.92 Å². The molecule has 0 saturated carbocycles. The van der Waals surface area contributed by atoms with Gasteiger partial charge in [0.2, 0.25) is 8.03 Å². The van der Waals surface area contributed by atoms with Crippen LogP contribution in [-0.4, -0.2) is 51.7 Å². The van der Waals surface area contributed by atoms with Crippen molar-refractivity contribution in [3.63, 3.8) is 0 Å². The van der Waals surface area contributed by atoms with E-state index in [0.29, 0.717) is 5.75 Å². The summed E-state index contributed by atoms with van der Waals surface area (Å²) in [5, 5.41) is 0.872. The van der Waals surface area contributed by atoms with Crippen LogP contribution in [0, 0.1) is 0 Å². The van der Waals surface area contributed by atoms with Crippen LogP contribution in [0.25, 0.3) is 0 Å². The number of para-hydroxylation sites is 1. The van der Waals surface area contributed by atoms with Gasteiger partial charge >= 0.3 is 29.6 Å². The summed E-state index contributed by atoms with van der Waals surface area (Å²) < 4.78 is 10.6. The fourth-order valence-corrected chi connectivity index (χ4v) is 1.47. The number of carbonyl (C=O) groups is 1. The molecule has 0 heterocycles. The molecule has 0 bridgehead atoms. The molecular formula is C9H13NNaO4P. The molecule has 7 heteroatoms. The third-order valence-corrected chi connectivity index (χ3v) is 2.15. The first kappa shape index (κ1) is 15.7. The van der Waals surface area contributed by atoms with Gasteiger partial charge in [0.25, 0.3) is 5.91 Å². The molecule has 1 aromatic rings. The van der Waals surface area contributed by atoms with Gasteiger partial charge < -0.3 is 9.73 Å². The Morgan fingerprint density at radius 3 is 2.44 bits per heavy atom. The summed E-state index contributed by atoms with van der Waals surface area (Å²) in [5.41, 5.74) is 0. The zero-order valence-electron chi connectivity index (χ0n) is 8.21. The fraction of sp³-hybridized carbons (Fsp3) is 0.222. The molecule has 1 aromatic carbocycles. The number of rotatable bonds is 4. The molecule has 5 nitrogen and oxygen atoms in total. The molecular weight excluding hydrogens is 240 g/mol. The van der Waals surface area contributed by atoms with Crippen LogP contribution in [-0.2, 0) is 9.36 Å². The molecule has 0 saturated heterocycles. The Bertz CT molecular complexity index is 360. The maximum atomic E-state index is 11.1. The van der Waals surface area contributed by atoms with Crippen LogP contribution in [0.3, 0.4) is 0 Å². The van der Waals surface area contributed by atoms with Crippen molar-refractivity contribution in [2.24, 2.45) is 0 Å². The molecule has 0 spiro atoms. The molecule has 0 aliphatic rings. The summed E-state index contributed by atoms with van der Waals surface area (Å²) in [4.78, 5) is 24.9. The zero-order chi connectivity index (χ0) is 11.3. The first-order valence-corrected chi connectivity index (χ1v) is 5.89. The Labute approximate surface area is 117 Å². The average Bonchev–Trinajstić information content (AvgIpc) is 2.17. The van der Waals surface area contributed by atoms with E-state index in [1.165, 1.54) is 6.92 Å². The molecule has 0 aromatic heterocycles. The standard InChI is InChI=1S/C9H12NO4P.Na.H/c1-8(11)10(7-15(12)13)14-9-5-3-2-4-6-9;;/h2-6,15H,7H2,1H3,(H,12,13);;. The van der Waals surface area contributed by atoms with Gasteiger partial charge in [0.15, 0.2) is 5.75 Å². The second-order valence-corrected chi connectivity index (χ2v) is 3.96. The quantitative estimate of drug-likeness (QED) is 0.485. The SMILES string of the molecule is CC(=O)N(C[PH](=O)O)Oc1ccccc1.[NaH]. The molecule has 1 amide bonds. The third-order valence-electron chi connectivity index (χ3n) is 1.59. The number of hydrogen-bond donors (Lipinski definition) is 1. The van der Waals surface area contributed by atoms with E-state index in [1.807, 2.05) is 0 Å². The van der Waals surface area contributed by atoms with E-state index < -0.39 is 13.9 Å². The van der Waals surface area contributed by atoms with Gasteiger partial charge in [-0.1, -0.05) is 18.2 Å². The second-order valence-electron chi connectivity index (χ2n) is 2.85. The molecule has 0 aliphatic carbocycles. The van der Waals surface area contributed by atoms with Gasteiger partial charge in [-0.2, -0.15) is 5.06 Å². The normalized spacial score (nSPS) is 11.1. The predicted octanol–water partition coefficient (Wildman–Crippen LogP) is 0.605. The van der Waals surface area contributed by atoms with Crippen molar-refractivity contribution in [1.82, 2.24) is 5.06 Å². The molecule has 1 unspecified atom stereocenters. The minimum absolute atomic E-state index is 0. The molecule has 1 N–H and O–H groups in total. The molecule has 0 radical (unpaired) electrons. The number of nitrogens with zero attached hydrogens (tertiary/aromatic N) is 1. The summed E-state index contributed by atoms with van der Waals surface area (Å²) in [5.74, 6) is 0.0437. The summed E-state index contributed by atoms with van der Waals surface area (Å²) >= 11 is 0. The van der Waals surface area contributed by atoms with Crippen LogP contribution in [0.4, 0.5) is 0 Å². The van der Waals surface area contributed by atoms with E-state index in [2.05, 4.69) is 0 Å². The van der Waals surface area contributed by atoms with Gasteiger partial charge in [-0.3, -0.25) is 9.36 Å². The van der Waals surface area contributed by atoms with E-state index in [4.69, 9.17) is 9.73 Å². The van der Waals surface area contributed by atoms with E-state index >= 15 is 0 Å². The number of amides is 1. The van der Waals surface area contributed by atoms with Crippen molar-refractivity contribution < 1.29 is 19.1 Å². The zero-order valence-corrected chi connectivity index (χ0v) is 9.21. The predicted molar refractivity (Wildman–Crippen MR) is 62.8 cm³/mol. The van der Waals surface area contributed by atoms with Crippen molar-refractivity contribution in [1.29, 1.82) is 0 Å². The van der Waals surface area contributed by atoms with Crippen LogP contribution in [0.1, 0.15) is 6.92 Å². The first-order chi connectivity index (χ1) is 7.09. The Kier molecular flexibility index (Phi) is 7.72. The Morgan fingerprint density at radius 1 is 1.44 bits per heavy atom. The number of benzene rings is 1. The second kappa shape index (κ2) is 7.87. The summed E-state index contributed by atoms with van der Waals surface area (Å²) in [6, 6.07) is 8.61. The van der Waals surface area contributed by atoms with Gasteiger partial charge in [0.1, 0.15) is 6.29 Å². The summed E-state index contributed by atoms with van der Waals surface area (Å²) in [6.07, 6.45) is -0.297. The Morgan fingerprint density at radius 2 is 2.00 bits per heavy atom. The number of hydroxylamine groups is 2. The van der Waals surface area contributed by atoms with Gasteiger partial charge in [-0.15, -0.1) is 0 Å². The molecule has 1 atom stereocenters. The molecule has 1 rings (SSSR count). The summed E-state index contributed by atoms with van der Waals surface area (Å²) in [7, 11) is -2.77. The van der Waals surface area contributed by atoms with Gasteiger partial charge in [0, 0.05) is 6.92 Å². The Balaban J connectivity index is 0.00000225. The van der Waals surface area contributed by atoms with Gasteiger partial charge in [0.05, 0.1) is 0 Å². The van der Waals surface area contributed by atoms with E-state index in [-0.39, 0.29) is 35.8 Å². The maximum absolute atomic E-state index is 11.1. The van der Waals surface area contributed by atoms with E-state index in [9.17, 15) is 9.36 Å². The molecule has 0 aliphatic heterocycles. The van der Waals surface area contributed by atoms with E-state index in [0.717, 1.165) is 5.06 Å². The average molecular weight is 253 g/mol. The molecule has 0 fully saturated rings. The Hall–Kier alpha value is -0.320. The number of carbonyl (C=O) groups excluding carboxylic acids is 1. The fourth-order valence-electron chi connectivity index (χ4n) is 0.939.